The molecule has 0 radical (unpaired) electrons. The number of ether oxygens (including phenoxy) is 1. The van der Waals surface area contributed by atoms with Crippen LogP contribution >= 0.6 is 11.8 Å². The Morgan fingerprint density at radius 1 is 1.06 bits per heavy atom. The molecule has 2 aliphatic carbocycles. The maximum atomic E-state index is 12.7. The number of nitrogens with one attached hydrogen (secondary N) is 2. The Morgan fingerprint density at radius 3 is 2.34 bits per heavy atom. The minimum atomic E-state index is -1.02. The summed E-state index contributed by atoms with van der Waals surface area (Å²) in [5, 5.41) is 14.9. The number of benzene rings is 2. The molecule has 0 aliphatic heterocycles. The molecule has 0 bridgehead atoms. The second-order valence-corrected chi connectivity index (χ2v) is 10.2. The molecule has 4 rings (SSSR count). The van der Waals surface area contributed by atoms with E-state index in [0.29, 0.717) is 12.2 Å². The zero-order valence-corrected chi connectivity index (χ0v) is 20.7. The summed E-state index contributed by atoms with van der Waals surface area (Å²) in [5.74, 6) is -0.693. The molecule has 0 heterocycles. The predicted molar refractivity (Wildman–Crippen MR) is 137 cm³/mol. The Labute approximate surface area is 210 Å². The number of rotatable bonds is 10. The van der Waals surface area contributed by atoms with Crippen LogP contribution in [0, 0.1) is 5.92 Å². The molecule has 186 valence electrons. The van der Waals surface area contributed by atoms with Crippen molar-refractivity contribution < 1.29 is 24.2 Å². The van der Waals surface area contributed by atoms with Gasteiger partial charge in [-0.05, 0) is 59.4 Å². The van der Waals surface area contributed by atoms with Gasteiger partial charge in [-0.25, -0.2) is 9.59 Å². The van der Waals surface area contributed by atoms with Crippen LogP contribution in [0.2, 0.25) is 0 Å². The molecule has 8 heteroatoms. The summed E-state index contributed by atoms with van der Waals surface area (Å²) < 4.78 is 5.66. The molecule has 2 aromatic carbocycles. The smallest absolute Gasteiger partial charge is 0.407 e. The second-order valence-electron chi connectivity index (χ2n) is 9.21. The van der Waals surface area contributed by atoms with Crippen molar-refractivity contribution in [3.05, 3.63) is 59.7 Å². The van der Waals surface area contributed by atoms with E-state index in [1.807, 2.05) is 30.5 Å². The van der Waals surface area contributed by atoms with Gasteiger partial charge < -0.3 is 20.5 Å². The molecule has 2 aromatic rings. The first kappa shape index (κ1) is 25.1. The van der Waals surface area contributed by atoms with Crippen LogP contribution in [0.25, 0.3) is 11.1 Å². The molecule has 0 saturated heterocycles. The van der Waals surface area contributed by atoms with Gasteiger partial charge in [-0.3, -0.25) is 4.79 Å². The van der Waals surface area contributed by atoms with Crippen molar-refractivity contribution in [1.29, 1.82) is 0 Å². The highest BCUT2D eigenvalue weighted by Gasteiger charge is 2.33. The van der Waals surface area contributed by atoms with Crippen LogP contribution in [-0.2, 0) is 14.3 Å². The minimum Gasteiger partial charge on any atom is -0.480 e. The Hall–Kier alpha value is -3.00. The lowest BCUT2D eigenvalue weighted by Gasteiger charge is -2.22. The van der Waals surface area contributed by atoms with Gasteiger partial charge in [-0.2, -0.15) is 11.8 Å². The van der Waals surface area contributed by atoms with Crippen molar-refractivity contribution in [3.8, 4) is 11.1 Å². The number of thioether (sulfide) groups is 1. The molecule has 2 unspecified atom stereocenters. The number of carboxylic acid groups (broad SMARTS) is 1. The number of alkyl carbamates (subject to hydrolysis) is 1. The van der Waals surface area contributed by atoms with Crippen LogP contribution in [0.15, 0.2) is 48.5 Å². The van der Waals surface area contributed by atoms with Gasteiger partial charge in [0, 0.05) is 18.4 Å². The van der Waals surface area contributed by atoms with E-state index in [2.05, 4.69) is 34.9 Å². The monoisotopic (exact) mass is 496 g/mol. The topological polar surface area (TPSA) is 105 Å². The molecular weight excluding hydrogens is 464 g/mol. The van der Waals surface area contributed by atoms with Gasteiger partial charge in [0.15, 0.2) is 0 Å². The molecule has 7 nitrogen and oxygen atoms in total. The van der Waals surface area contributed by atoms with Gasteiger partial charge in [0.1, 0.15) is 12.6 Å². The van der Waals surface area contributed by atoms with Crippen LogP contribution in [0.1, 0.15) is 49.1 Å². The zero-order valence-electron chi connectivity index (χ0n) is 19.9. The number of fused-ring (bicyclic) bond motifs is 3. The van der Waals surface area contributed by atoms with Gasteiger partial charge >= 0.3 is 12.1 Å². The number of carbonyl (C=O) groups excluding carboxylic acids is 2. The molecule has 2 amide bonds. The molecule has 1 saturated carbocycles. The molecule has 35 heavy (non-hydrogen) atoms. The standard InChI is InChI=1S/C27H32N2O5S/c1-35-14-13-24(26(31)32)28-25(30)15-17-7-6-12-23(17)29-27(33)34-16-22-20-10-4-2-8-18(20)19-9-3-5-11-21(19)22/h2-5,8-11,17,22-24H,6-7,12-16H2,1H3,(H,28,30)(H,29,33)(H,31,32)/t17?,23?,24-/m0/s1. The van der Waals surface area contributed by atoms with Gasteiger partial charge in [0.25, 0.3) is 0 Å². The average molecular weight is 497 g/mol. The van der Waals surface area contributed by atoms with Gasteiger partial charge in [0.2, 0.25) is 5.91 Å². The van der Waals surface area contributed by atoms with Gasteiger partial charge in [-0.15, -0.1) is 0 Å². The summed E-state index contributed by atoms with van der Waals surface area (Å²) in [4.78, 5) is 36.6. The normalized spacial score (nSPS) is 19.5. The third-order valence-electron chi connectivity index (χ3n) is 7.00. The fraction of sp³-hybridized carbons (Fsp3) is 0.444. The first-order chi connectivity index (χ1) is 17.0. The largest absolute Gasteiger partial charge is 0.480 e. The van der Waals surface area contributed by atoms with E-state index in [0.717, 1.165) is 30.4 Å². The van der Waals surface area contributed by atoms with E-state index in [1.165, 1.54) is 11.1 Å². The summed E-state index contributed by atoms with van der Waals surface area (Å²) >= 11 is 1.54. The number of carbonyl (C=O) groups is 3. The van der Waals surface area contributed by atoms with E-state index >= 15 is 0 Å². The van der Waals surface area contributed by atoms with E-state index in [-0.39, 0.29) is 36.8 Å². The summed E-state index contributed by atoms with van der Waals surface area (Å²) in [6.45, 7) is 0.244. The first-order valence-electron chi connectivity index (χ1n) is 12.1. The lowest BCUT2D eigenvalue weighted by Crippen LogP contribution is -2.44. The van der Waals surface area contributed by atoms with Crippen molar-refractivity contribution in [2.45, 2.75) is 50.1 Å². The van der Waals surface area contributed by atoms with E-state index in [4.69, 9.17) is 4.74 Å². The maximum absolute atomic E-state index is 12.7. The second kappa shape index (κ2) is 11.6. The summed E-state index contributed by atoms with van der Waals surface area (Å²) in [7, 11) is 0. The molecule has 0 spiro atoms. The number of amides is 2. The zero-order chi connectivity index (χ0) is 24.8. The summed E-state index contributed by atoms with van der Waals surface area (Å²) in [6.07, 6.45) is 4.49. The fourth-order valence-electron chi connectivity index (χ4n) is 5.25. The summed E-state index contributed by atoms with van der Waals surface area (Å²) in [5.41, 5.74) is 4.67. The van der Waals surface area contributed by atoms with Crippen molar-refractivity contribution in [1.82, 2.24) is 10.6 Å². The SMILES string of the molecule is CSCC[C@H](NC(=O)CC1CCCC1NC(=O)OCC1c2ccccc2-c2ccccc21)C(=O)O. The van der Waals surface area contributed by atoms with Crippen molar-refractivity contribution in [2.75, 3.05) is 18.6 Å². The third-order valence-corrected chi connectivity index (χ3v) is 7.64. The minimum absolute atomic E-state index is 0.00691. The number of aliphatic carboxylic acids is 1. The van der Waals surface area contributed by atoms with E-state index < -0.39 is 18.1 Å². The number of hydrogen-bond donors (Lipinski definition) is 3. The van der Waals surface area contributed by atoms with Crippen LogP contribution in [0.5, 0.6) is 0 Å². The highest BCUT2D eigenvalue weighted by Crippen LogP contribution is 2.44. The van der Waals surface area contributed by atoms with Crippen molar-refractivity contribution in [2.24, 2.45) is 5.92 Å². The molecule has 0 aromatic heterocycles. The van der Waals surface area contributed by atoms with Crippen LogP contribution < -0.4 is 10.6 Å². The predicted octanol–water partition coefficient (Wildman–Crippen LogP) is 4.41. The highest BCUT2D eigenvalue weighted by atomic mass is 32.2. The first-order valence-corrected chi connectivity index (χ1v) is 13.5. The van der Waals surface area contributed by atoms with E-state index in [9.17, 15) is 19.5 Å². The Bertz CT molecular complexity index is 1030. The maximum Gasteiger partial charge on any atom is 0.407 e. The fourth-order valence-corrected chi connectivity index (χ4v) is 5.72. The van der Waals surface area contributed by atoms with Crippen LogP contribution in [0.4, 0.5) is 4.79 Å². The molecule has 2 aliphatic rings. The molecule has 3 atom stereocenters. The Morgan fingerprint density at radius 2 is 1.71 bits per heavy atom. The number of hydrogen-bond acceptors (Lipinski definition) is 5. The molecular formula is C27H32N2O5S. The lowest BCUT2D eigenvalue weighted by atomic mass is 9.98. The highest BCUT2D eigenvalue weighted by molar-refractivity contribution is 7.98. The third kappa shape index (κ3) is 5.99. The Balaban J connectivity index is 1.30. The van der Waals surface area contributed by atoms with Crippen molar-refractivity contribution in [3.63, 3.8) is 0 Å². The Kier molecular flexibility index (Phi) is 8.33. The summed E-state index contributed by atoms with van der Waals surface area (Å²) in [6, 6.07) is 15.3. The van der Waals surface area contributed by atoms with Gasteiger partial charge in [0.05, 0.1) is 0 Å². The lowest BCUT2D eigenvalue weighted by molar-refractivity contribution is -0.142. The van der Waals surface area contributed by atoms with Crippen molar-refractivity contribution >= 4 is 29.7 Å². The average Bonchev–Trinajstić information content (AvgIpc) is 3.42. The van der Waals surface area contributed by atoms with E-state index in [1.54, 1.807) is 11.8 Å². The van der Waals surface area contributed by atoms with Gasteiger partial charge in [-0.1, -0.05) is 55.0 Å². The quantitative estimate of drug-likeness (QED) is 0.450. The molecule has 1 fully saturated rings. The molecule has 3 N–H and O–H groups in total. The van der Waals surface area contributed by atoms with Crippen LogP contribution in [-0.4, -0.2) is 53.8 Å². The number of carboxylic acids is 1. The van der Waals surface area contributed by atoms with Crippen LogP contribution in [0.3, 0.4) is 0 Å².